The molecule has 5 nitrogen and oxygen atoms in total. The average molecular weight is 303 g/mol. The van der Waals surface area contributed by atoms with E-state index in [9.17, 15) is 4.79 Å². The van der Waals surface area contributed by atoms with E-state index in [0.717, 1.165) is 16.9 Å². The Bertz CT molecular complexity index is 649. The Morgan fingerprint density at radius 3 is 2.62 bits per heavy atom. The number of amides is 1. The van der Waals surface area contributed by atoms with Gasteiger partial charge in [0.2, 0.25) is 11.8 Å². The highest BCUT2D eigenvalue weighted by Gasteiger charge is 2.14. The third-order valence-corrected chi connectivity index (χ3v) is 3.23. The number of thiocarbonyl (C=S) groups is 1. The molecule has 2 rings (SSSR count). The molecule has 0 saturated carbocycles. The number of nitrogens with zero attached hydrogens (tertiary/aromatic N) is 1. The van der Waals surface area contributed by atoms with Crippen molar-refractivity contribution in [3.05, 3.63) is 53.2 Å². The largest absolute Gasteiger partial charge is 0.444 e. The van der Waals surface area contributed by atoms with Crippen LogP contribution in [0.25, 0.3) is 0 Å². The molecule has 1 aromatic carbocycles. The van der Waals surface area contributed by atoms with Gasteiger partial charge in [0.1, 0.15) is 16.8 Å². The van der Waals surface area contributed by atoms with Gasteiger partial charge in [-0.05, 0) is 19.4 Å². The van der Waals surface area contributed by atoms with Gasteiger partial charge in [0.25, 0.3) is 0 Å². The highest BCUT2D eigenvalue weighted by atomic mass is 32.1. The molecule has 6 heteroatoms. The molecule has 0 saturated heterocycles. The summed E-state index contributed by atoms with van der Waals surface area (Å²) in [5.74, 6) is 1.13. The molecule has 1 atom stereocenters. The third kappa shape index (κ3) is 4.13. The summed E-state index contributed by atoms with van der Waals surface area (Å²) >= 11 is 4.89. The molecule has 2 aromatic rings. The van der Waals surface area contributed by atoms with E-state index in [2.05, 4.69) is 10.3 Å². The van der Waals surface area contributed by atoms with Crippen LogP contribution >= 0.6 is 12.2 Å². The number of nitrogens with one attached hydrogen (secondary N) is 1. The number of oxazole rings is 1. The maximum absolute atomic E-state index is 12.0. The topological polar surface area (TPSA) is 81.2 Å². The van der Waals surface area contributed by atoms with Gasteiger partial charge in [0, 0.05) is 5.56 Å². The van der Waals surface area contributed by atoms with Crippen molar-refractivity contribution in [3.63, 3.8) is 0 Å². The summed E-state index contributed by atoms with van der Waals surface area (Å²) in [5, 5.41) is 2.85. The quantitative estimate of drug-likeness (QED) is 0.826. The van der Waals surface area contributed by atoms with E-state index in [0.29, 0.717) is 10.9 Å². The first kappa shape index (κ1) is 15.2. The SMILES string of the molecule is Cc1cnc(C(C)NC(=O)Cc2ccc(C(N)=S)cc2)o1. The van der Waals surface area contributed by atoms with Gasteiger partial charge < -0.3 is 15.5 Å². The van der Waals surface area contributed by atoms with Crippen LogP contribution in [0.3, 0.4) is 0 Å². The van der Waals surface area contributed by atoms with Crippen LogP contribution in [0.2, 0.25) is 0 Å². The fourth-order valence-corrected chi connectivity index (χ4v) is 2.03. The Hall–Kier alpha value is -2.21. The lowest BCUT2D eigenvalue weighted by Gasteiger charge is -2.10. The number of nitrogens with two attached hydrogens (primary N) is 1. The second-order valence-electron chi connectivity index (χ2n) is 4.84. The minimum atomic E-state index is -0.262. The summed E-state index contributed by atoms with van der Waals surface area (Å²) in [5.41, 5.74) is 7.21. The van der Waals surface area contributed by atoms with Crippen molar-refractivity contribution < 1.29 is 9.21 Å². The molecule has 1 aromatic heterocycles. The number of hydrogen-bond acceptors (Lipinski definition) is 4. The Morgan fingerprint density at radius 2 is 2.10 bits per heavy atom. The molecule has 0 aliphatic rings. The summed E-state index contributed by atoms with van der Waals surface area (Å²) in [6, 6.07) is 7.04. The number of rotatable bonds is 5. The fraction of sp³-hybridized carbons (Fsp3) is 0.267. The Kier molecular flexibility index (Phi) is 4.70. The summed E-state index contributed by atoms with van der Waals surface area (Å²) in [6.07, 6.45) is 1.91. The number of carbonyl (C=O) groups is 1. The molecule has 0 aliphatic carbocycles. The molecule has 0 aliphatic heterocycles. The van der Waals surface area contributed by atoms with Crippen LogP contribution in [0, 0.1) is 6.92 Å². The second kappa shape index (κ2) is 6.49. The van der Waals surface area contributed by atoms with Crippen LogP contribution in [0.1, 0.15) is 35.7 Å². The van der Waals surface area contributed by atoms with Gasteiger partial charge in [-0.3, -0.25) is 4.79 Å². The van der Waals surface area contributed by atoms with E-state index >= 15 is 0 Å². The summed E-state index contributed by atoms with van der Waals surface area (Å²) < 4.78 is 5.38. The van der Waals surface area contributed by atoms with Crippen LogP contribution in [0.5, 0.6) is 0 Å². The molecule has 0 spiro atoms. The van der Waals surface area contributed by atoms with E-state index in [-0.39, 0.29) is 18.4 Å². The summed E-state index contributed by atoms with van der Waals surface area (Å²) in [7, 11) is 0. The average Bonchev–Trinajstić information content (AvgIpc) is 2.86. The van der Waals surface area contributed by atoms with Gasteiger partial charge in [0.05, 0.1) is 12.6 Å². The predicted molar refractivity (Wildman–Crippen MR) is 83.8 cm³/mol. The molecule has 21 heavy (non-hydrogen) atoms. The van der Waals surface area contributed by atoms with Crippen LogP contribution in [0.4, 0.5) is 0 Å². The zero-order valence-electron chi connectivity index (χ0n) is 11.9. The predicted octanol–water partition coefficient (Wildman–Crippen LogP) is 2.04. The molecule has 110 valence electrons. The molecular weight excluding hydrogens is 286 g/mol. The lowest BCUT2D eigenvalue weighted by atomic mass is 10.1. The second-order valence-corrected chi connectivity index (χ2v) is 5.28. The highest BCUT2D eigenvalue weighted by Crippen LogP contribution is 2.12. The third-order valence-electron chi connectivity index (χ3n) is 2.99. The maximum atomic E-state index is 12.0. The Morgan fingerprint density at radius 1 is 1.43 bits per heavy atom. The Labute approximate surface area is 128 Å². The number of aromatic nitrogens is 1. The van der Waals surface area contributed by atoms with Crippen molar-refractivity contribution in [2.75, 3.05) is 0 Å². The monoisotopic (exact) mass is 303 g/mol. The van der Waals surface area contributed by atoms with Crippen molar-refractivity contribution >= 4 is 23.1 Å². The molecular formula is C15H17N3O2S. The molecule has 3 N–H and O–H groups in total. The molecule has 1 amide bonds. The smallest absolute Gasteiger partial charge is 0.225 e. The number of aryl methyl sites for hydroxylation is 1. The van der Waals surface area contributed by atoms with Crippen molar-refractivity contribution in [2.45, 2.75) is 26.3 Å². The van der Waals surface area contributed by atoms with Crippen molar-refractivity contribution in [1.82, 2.24) is 10.3 Å². The summed E-state index contributed by atoms with van der Waals surface area (Å²) in [4.78, 5) is 16.4. The van der Waals surface area contributed by atoms with Gasteiger partial charge in [-0.2, -0.15) is 0 Å². The lowest BCUT2D eigenvalue weighted by molar-refractivity contribution is -0.121. The minimum Gasteiger partial charge on any atom is -0.444 e. The van der Waals surface area contributed by atoms with Gasteiger partial charge in [-0.15, -0.1) is 0 Å². The van der Waals surface area contributed by atoms with Gasteiger partial charge in [-0.25, -0.2) is 4.98 Å². The van der Waals surface area contributed by atoms with Gasteiger partial charge in [-0.1, -0.05) is 36.5 Å². The van der Waals surface area contributed by atoms with Crippen molar-refractivity contribution in [2.24, 2.45) is 5.73 Å². The maximum Gasteiger partial charge on any atom is 0.225 e. The van der Waals surface area contributed by atoms with E-state index in [1.807, 2.05) is 38.1 Å². The lowest BCUT2D eigenvalue weighted by Crippen LogP contribution is -2.28. The molecule has 1 heterocycles. The van der Waals surface area contributed by atoms with E-state index < -0.39 is 0 Å². The van der Waals surface area contributed by atoms with Gasteiger partial charge in [0.15, 0.2) is 0 Å². The number of benzene rings is 1. The Balaban J connectivity index is 1.93. The first-order valence-electron chi connectivity index (χ1n) is 6.56. The zero-order chi connectivity index (χ0) is 15.4. The number of hydrogen-bond donors (Lipinski definition) is 2. The van der Waals surface area contributed by atoms with Crippen LogP contribution in [0.15, 0.2) is 34.9 Å². The summed E-state index contributed by atoms with van der Waals surface area (Å²) in [6.45, 7) is 3.65. The van der Waals surface area contributed by atoms with Crippen LogP contribution in [-0.2, 0) is 11.2 Å². The number of carbonyl (C=O) groups excluding carboxylic acids is 1. The normalized spacial score (nSPS) is 11.9. The highest BCUT2D eigenvalue weighted by molar-refractivity contribution is 7.80. The minimum absolute atomic E-state index is 0.0959. The van der Waals surface area contributed by atoms with Crippen molar-refractivity contribution in [3.8, 4) is 0 Å². The van der Waals surface area contributed by atoms with Gasteiger partial charge >= 0.3 is 0 Å². The molecule has 0 fully saturated rings. The first-order valence-corrected chi connectivity index (χ1v) is 6.97. The van der Waals surface area contributed by atoms with Crippen LogP contribution in [-0.4, -0.2) is 15.9 Å². The van der Waals surface area contributed by atoms with Crippen LogP contribution < -0.4 is 11.1 Å². The van der Waals surface area contributed by atoms with E-state index in [1.165, 1.54) is 0 Å². The zero-order valence-corrected chi connectivity index (χ0v) is 12.7. The fourth-order valence-electron chi connectivity index (χ4n) is 1.90. The molecule has 0 radical (unpaired) electrons. The molecule has 1 unspecified atom stereocenters. The first-order chi connectivity index (χ1) is 9.95. The van der Waals surface area contributed by atoms with Crippen molar-refractivity contribution in [1.29, 1.82) is 0 Å². The standard InChI is InChI=1S/C15H17N3O2S/c1-9-8-17-15(20-9)10(2)18-13(19)7-11-3-5-12(6-4-11)14(16)21/h3-6,8,10H,7H2,1-2H3,(H2,16,21)(H,18,19). The van der Waals surface area contributed by atoms with E-state index in [4.69, 9.17) is 22.4 Å². The van der Waals surface area contributed by atoms with E-state index in [1.54, 1.807) is 6.20 Å². The molecule has 0 bridgehead atoms.